The van der Waals surface area contributed by atoms with E-state index >= 15 is 0 Å². The zero-order valence-electron chi connectivity index (χ0n) is 8.31. The van der Waals surface area contributed by atoms with Gasteiger partial charge in [-0.05, 0) is 13.3 Å². The summed E-state index contributed by atoms with van der Waals surface area (Å²) < 4.78 is 9.63. The molecule has 1 fully saturated rings. The Morgan fingerprint density at radius 3 is 3.08 bits per heavy atom. The number of hydrogen-bond donors (Lipinski definition) is 0. The van der Waals surface area contributed by atoms with Crippen LogP contribution in [0.15, 0.2) is 18.7 Å². The number of hydrogen-bond acceptors (Lipinski definition) is 1. The molecule has 0 saturated carbocycles. The molecule has 0 bridgehead atoms. The van der Waals surface area contributed by atoms with Crippen LogP contribution < -0.4 is 4.57 Å². The second-order valence-electron chi connectivity index (χ2n) is 3.77. The van der Waals surface area contributed by atoms with E-state index in [0.29, 0.717) is 12.1 Å². The molecule has 1 aromatic heterocycles. The Morgan fingerprint density at radius 2 is 2.46 bits per heavy atom. The van der Waals surface area contributed by atoms with Crippen LogP contribution in [0.4, 0.5) is 0 Å². The fourth-order valence-electron chi connectivity index (χ4n) is 1.40. The standard InChI is InChI=1S/C10H17N2O/c1-3-9(2)12-5-4-11(8-12)6-10-7-13-10/h4-5,8-10H,3,6-7H2,1-2H3/q+1. The third-order valence-electron chi connectivity index (χ3n) is 2.63. The Morgan fingerprint density at radius 1 is 1.69 bits per heavy atom. The third kappa shape index (κ3) is 2.10. The number of nitrogens with zero attached hydrogens (tertiary/aromatic N) is 2. The molecule has 1 aliphatic rings. The first-order chi connectivity index (χ1) is 6.29. The summed E-state index contributed by atoms with van der Waals surface area (Å²) in [7, 11) is 0. The van der Waals surface area contributed by atoms with Crippen molar-refractivity contribution in [3.63, 3.8) is 0 Å². The zero-order chi connectivity index (χ0) is 9.26. The van der Waals surface area contributed by atoms with Gasteiger partial charge in [-0.15, -0.1) is 0 Å². The van der Waals surface area contributed by atoms with Gasteiger partial charge in [-0.25, -0.2) is 9.13 Å². The Kier molecular flexibility index (Phi) is 2.36. The van der Waals surface area contributed by atoms with Crippen molar-refractivity contribution < 1.29 is 9.30 Å². The van der Waals surface area contributed by atoms with Crippen LogP contribution in [-0.2, 0) is 11.3 Å². The average Bonchev–Trinajstić information content (AvgIpc) is 2.81. The van der Waals surface area contributed by atoms with Crippen LogP contribution in [0.25, 0.3) is 0 Å². The van der Waals surface area contributed by atoms with E-state index in [2.05, 4.69) is 41.7 Å². The first-order valence-electron chi connectivity index (χ1n) is 4.97. The lowest BCUT2D eigenvalue weighted by Gasteiger charge is -2.01. The van der Waals surface area contributed by atoms with Crippen LogP contribution in [0.5, 0.6) is 0 Å². The molecule has 13 heavy (non-hydrogen) atoms. The van der Waals surface area contributed by atoms with Gasteiger partial charge < -0.3 is 4.74 Å². The summed E-state index contributed by atoms with van der Waals surface area (Å²) in [5, 5.41) is 0. The van der Waals surface area contributed by atoms with Gasteiger partial charge in [0, 0.05) is 0 Å². The van der Waals surface area contributed by atoms with E-state index in [9.17, 15) is 0 Å². The first kappa shape index (κ1) is 8.75. The molecule has 1 aromatic rings. The number of rotatable bonds is 4. The molecule has 1 saturated heterocycles. The van der Waals surface area contributed by atoms with Crippen molar-refractivity contribution in [2.75, 3.05) is 6.61 Å². The zero-order valence-corrected chi connectivity index (χ0v) is 8.31. The monoisotopic (exact) mass is 181 g/mol. The normalized spacial score (nSPS) is 23.1. The average molecular weight is 181 g/mol. The maximum Gasteiger partial charge on any atom is 0.244 e. The minimum absolute atomic E-state index is 0.470. The van der Waals surface area contributed by atoms with Gasteiger partial charge in [0.05, 0.1) is 12.6 Å². The second kappa shape index (κ2) is 3.50. The summed E-state index contributed by atoms with van der Waals surface area (Å²) in [4.78, 5) is 0. The summed E-state index contributed by atoms with van der Waals surface area (Å²) in [5.41, 5.74) is 0. The van der Waals surface area contributed by atoms with Gasteiger partial charge in [0.1, 0.15) is 25.0 Å². The van der Waals surface area contributed by atoms with Crippen molar-refractivity contribution in [2.24, 2.45) is 0 Å². The highest BCUT2D eigenvalue weighted by molar-refractivity contribution is 4.73. The minimum Gasteiger partial charge on any atom is -0.369 e. The van der Waals surface area contributed by atoms with Crippen molar-refractivity contribution in [3.8, 4) is 0 Å². The van der Waals surface area contributed by atoms with E-state index in [-0.39, 0.29) is 0 Å². The molecule has 0 N–H and O–H groups in total. The van der Waals surface area contributed by atoms with Crippen molar-refractivity contribution in [1.82, 2.24) is 4.57 Å². The quantitative estimate of drug-likeness (QED) is 0.504. The lowest BCUT2D eigenvalue weighted by atomic mass is 10.3. The number of aromatic nitrogens is 2. The fourth-order valence-corrected chi connectivity index (χ4v) is 1.40. The van der Waals surface area contributed by atoms with E-state index in [0.717, 1.165) is 13.2 Å². The Bertz CT molecular complexity index is 278. The summed E-state index contributed by atoms with van der Waals surface area (Å²) in [6, 6.07) is 0.598. The summed E-state index contributed by atoms with van der Waals surface area (Å²) in [6.07, 6.45) is 8.06. The van der Waals surface area contributed by atoms with Gasteiger partial charge in [0.15, 0.2) is 0 Å². The van der Waals surface area contributed by atoms with E-state index in [1.807, 2.05) is 0 Å². The van der Waals surface area contributed by atoms with Gasteiger partial charge >= 0.3 is 0 Å². The van der Waals surface area contributed by atoms with Gasteiger partial charge in [-0.3, -0.25) is 0 Å². The van der Waals surface area contributed by atoms with Gasteiger partial charge in [-0.1, -0.05) is 6.92 Å². The summed E-state index contributed by atoms with van der Waals surface area (Å²) >= 11 is 0. The lowest BCUT2D eigenvalue weighted by Crippen LogP contribution is -2.34. The minimum atomic E-state index is 0.470. The first-order valence-corrected chi connectivity index (χ1v) is 4.97. The predicted molar refractivity (Wildman–Crippen MR) is 49.4 cm³/mol. The molecule has 1 aliphatic heterocycles. The van der Waals surface area contributed by atoms with Crippen LogP contribution in [0, 0.1) is 0 Å². The molecule has 0 amide bonds. The topological polar surface area (TPSA) is 21.3 Å². The molecule has 2 atom stereocenters. The highest BCUT2D eigenvalue weighted by Gasteiger charge is 2.25. The SMILES string of the molecule is CCC(C)n1cc[n+](CC2CO2)c1. The largest absolute Gasteiger partial charge is 0.369 e. The molecule has 72 valence electrons. The van der Waals surface area contributed by atoms with Gasteiger partial charge in [-0.2, -0.15) is 0 Å². The molecule has 0 aromatic carbocycles. The Hall–Kier alpha value is -0.830. The van der Waals surface area contributed by atoms with Crippen molar-refractivity contribution >= 4 is 0 Å². The maximum absolute atomic E-state index is 5.18. The van der Waals surface area contributed by atoms with E-state index in [4.69, 9.17) is 4.74 Å². The second-order valence-corrected chi connectivity index (χ2v) is 3.77. The number of imidazole rings is 1. The van der Waals surface area contributed by atoms with E-state index in [1.165, 1.54) is 6.42 Å². The smallest absolute Gasteiger partial charge is 0.244 e. The lowest BCUT2D eigenvalue weighted by molar-refractivity contribution is -0.697. The maximum atomic E-state index is 5.18. The van der Waals surface area contributed by atoms with E-state index < -0.39 is 0 Å². The molecule has 0 radical (unpaired) electrons. The van der Waals surface area contributed by atoms with Crippen molar-refractivity contribution in [2.45, 2.75) is 39.0 Å². The molecule has 2 unspecified atom stereocenters. The van der Waals surface area contributed by atoms with Crippen molar-refractivity contribution in [1.29, 1.82) is 0 Å². The van der Waals surface area contributed by atoms with Crippen LogP contribution in [0.2, 0.25) is 0 Å². The summed E-state index contributed by atoms with van der Waals surface area (Å²) in [6.45, 7) is 6.38. The van der Waals surface area contributed by atoms with Crippen molar-refractivity contribution in [3.05, 3.63) is 18.7 Å². The molecule has 2 heterocycles. The Labute approximate surface area is 78.9 Å². The highest BCUT2D eigenvalue weighted by atomic mass is 16.6. The van der Waals surface area contributed by atoms with Crippen LogP contribution in [0.1, 0.15) is 26.3 Å². The molecule has 0 aliphatic carbocycles. The predicted octanol–water partition coefficient (Wildman–Crippen LogP) is 1.15. The third-order valence-corrected chi connectivity index (χ3v) is 2.63. The van der Waals surface area contributed by atoms with Crippen LogP contribution >= 0.6 is 0 Å². The van der Waals surface area contributed by atoms with Gasteiger partial charge in [0.2, 0.25) is 6.33 Å². The molecule has 0 spiro atoms. The number of ether oxygens (including phenoxy) is 1. The highest BCUT2D eigenvalue weighted by Crippen LogP contribution is 2.10. The van der Waals surface area contributed by atoms with Crippen LogP contribution in [-0.4, -0.2) is 17.3 Å². The molecule has 3 heteroatoms. The van der Waals surface area contributed by atoms with Gasteiger partial charge in [0.25, 0.3) is 0 Å². The molecule has 3 nitrogen and oxygen atoms in total. The molecular weight excluding hydrogens is 164 g/mol. The molecule has 2 rings (SSSR count). The fraction of sp³-hybridized carbons (Fsp3) is 0.700. The summed E-state index contributed by atoms with van der Waals surface area (Å²) in [5.74, 6) is 0. The van der Waals surface area contributed by atoms with E-state index in [1.54, 1.807) is 0 Å². The number of epoxide rings is 1. The van der Waals surface area contributed by atoms with Crippen LogP contribution in [0.3, 0.4) is 0 Å². The Balaban J connectivity index is 1.99. The molecular formula is C10H17N2O+.